The van der Waals surface area contributed by atoms with Crippen molar-refractivity contribution in [3.63, 3.8) is 0 Å². The molecule has 0 bridgehead atoms. The first-order valence-corrected chi connectivity index (χ1v) is 4.32. The molecule has 1 saturated heterocycles. The average molecular weight is 169 g/mol. The fourth-order valence-corrected chi connectivity index (χ4v) is 1.62. The zero-order valence-corrected chi connectivity index (χ0v) is 7.83. The lowest BCUT2D eigenvalue weighted by molar-refractivity contribution is -0.138. The molecule has 0 unspecified atom stereocenters. The molecule has 0 saturated carbocycles. The van der Waals surface area contributed by atoms with E-state index in [4.69, 9.17) is 0 Å². The number of rotatable bonds is 0. The van der Waals surface area contributed by atoms with Gasteiger partial charge >= 0.3 is 0 Å². The minimum Gasteiger partial charge on any atom is -0.339 e. The molecule has 1 amide bonds. The van der Waals surface area contributed by atoms with Gasteiger partial charge in [0.2, 0.25) is 5.91 Å². The molecule has 0 aromatic rings. The van der Waals surface area contributed by atoms with E-state index >= 15 is 0 Å². The maximum atomic E-state index is 11.2. The van der Waals surface area contributed by atoms with Crippen LogP contribution in [0.3, 0.4) is 0 Å². The van der Waals surface area contributed by atoms with Crippen LogP contribution in [0.5, 0.6) is 0 Å². The van der Waals surface area contributed by atoms with E-state index in [0.29, 0.717) is 13.0 Å². The number of carbonyl (C=O) groups is 2. The summed E-state index contributed by atoms with van der Waals surface area (Å²) in [7, 11) is 0. The van der Waals surface area contributed by atoms with Crippen LogP contribution in [0.2, 0.25) is 0 Å². The van der Waals surface area contributed by atoms with E-state index in [1.807, 2.05) is 13.8 Å². The lowest BCUT2D eigenvalue weighted by Gasteiger charge is -2.35. The predicted octanol–water partition coefficient (Wildman–Crippen LogP) is 0.832. The summed E-state index contributed by atoms with van der Waals surface area (Å²) in [6.07, 6.45) is 0.515. The number of ketones is 1. The third-order valence-electron chi connectivity index (χ3n) is 2.45. The SMILES string of the molecule is CC(=O)N1C[C@H](C)C(=O)C[C@@H]1C. The lowest BCUT2D eigenvalue weighted by Crippen LogP contribution is -2.47. The second-order valence-electron chi connectivity index (χ2n) is 3.59. The van der Waals surface area contributed by atoms with Crippen LogP contribution in [0, 0.1) is 5.92 Å². The topological polar surface area (TPSA) is 37.4 Å². The van der Waals surface area contributed by atoms with Crippen molar-refractivity contribution in [2.24, 2.45) is 5.92 Å². The van der Waals surface area contributed by atoms with Crippen LogP contribution in [-0.4, -0.2) is 29.2 Å². The van der Waals surface area contributed by atoms with Gasteiger partial charge in [0, 0.05) is 31.8 Å². The van der Waals surface area contributed by atoms with E-state index in [1.54, 1.807) is 11.8 Å². The molecule has 1 aliphatic heterocycles. The average Bonchev–Trinajstić information content (AvgIpc) is 1.96. The molecular weight excluding hydrogens is 154 g/mol. The van der Waals surface area contributed by atoms with Gasteiger partial charge in [0.1, 0.15) is 5.78 Å². The summed E-state index contributed by atoms with van der Waals surface area (Å²) in [4.78, 5) is 24.1. The third-order valence-corrected chi connectivity index (χ3v) is 2.45. The highest BCUT2D eigenvalue weighted by molar-refractivity contribution is 5.85. The molecule has 0 N–H and O–H groups in total. The van der Waals surface area contributed by atoms with Gasteiger partial charge in [0.05, 0.1) is 0 Å². The molecule has 0 aliphatic carbocycles. The number of piperidine rings is 1. The number of carbonyl (C=O) groups excluding carboxylic acids is 2. The number of nitrogens with zero attached hydrogens (tertiary/aromatic N) is 1. The molecule has 1 heterocycles. The summed E-state index contributed by atoms with van der Waals surface area (Å²) >= 11 is 0. The van der Waals surface area contributed by atoms with Crippen LogP contribution in [0.1, 0.15) is 27.2 Å². The molecule has 3 heteroatoms. The summed E-state index contributed by atoms with van der Waals surface area (Å²) in [6, 6.07) is 0.0891. The summed E-state index contributed by atoms with van der Waals surface area (Å²) < 4.78 is 0. The van der Waals surface area contributed by atoms with Gasteiger partial charge in [-0.25, -0.2) is 0 Å². The Morgan fingerprint density at radius 1 is 1.50 bits per heavy atom. The molecule has 0 aromatic carbocycles. The quantitative estimate of drug-likeness (QED) is 0.538. The Balaban J connectivity index is 2.67. The van der Waals surface area contributed by atoms with E-state index in [9.17, 15) is 9.59 Å². The molecule has 3 nitrogen and oxygen atoms in total. The van der Waals surface area contributed by atoms with Crippen molar-refractivity contribution in [2.45, 2.75) is 33.2 Å². The van der Waals surface area contributed by atoms with Crippen molar-refractivity contribution in [3.8, 4) is 0 Å². The van der Waals surface area contributed by atoms with Gasteiger partial charge < -0.3 is 4.90 Å². The van der Waals surface area contributed by atoms with Crippen molar-refractivity contribution >= 4 is 11.7 Å². The lowest BCUT2D eigenvalue weighted by atomic mass is 9.93. The smallest absolute Gasteiger partial charge is 0.219 e. The van der Waals surface area contributed by atoms with Crippen LogP contribution in [-0.2, 0) is 9.59 Å². The van der Waals surface area contributed by atoms with E-state index in [-0.39, 0.29) is 23.7 Å². The maximum Gasteiger partial charge on any atom is 0.219 e. The number of likely N-dealkylation sites (tertiary alicyclic amines) is 1. The van der Waals surface area contributed by atoms with Crippen molar-refractivity contribution in [1.29, 1.82) is 0 Å². The molecule has 1 aliphatic rings. The van der Waals surface area contributed by atoms with E-state index in [0.717, 1.165) is 0 Å². The number of hydrogen-bond donors (Lipinski definition) is 0. The first-order valence-electron chi connectivity index (χ1n) is 4.32. The van der Waals surface area contributed by atoms with Gasteiger partial charge in [-0.15, -0.1) is 0 Å². The van der Waals surface area contributed by atoms with Crippen LogP contribution < -0.4 is 0 Å². The fourth-order valence-electron chi connectivity index (χ4n) is 1.62. The molecule has 0 radical (unpaired) electrons. The monoisotopic (exact) mass is 169 g/mol. The summed E-state index contributed by atoms with van der Waals surface area (Å²) in [6.45, 7) is 5.95. The molecule has 1 rings (SSSR count). The first kappa shape index (κ1) is 9.23. The summed E-state index contributed by atoms with van der Waals surface area (Å²) in [5.74, 6) is 0.368. The minimum absolute atomic E-state index is 0.0186. The molecule has 2 atom stereocenters. The van der Waals surface area contributed by atoms with E-state index in [1.165, 1.54) is 0 Å². The second kappa shape index (κ2) is 3.25. The number of hydrogen-bond acceptors (Lipinski definition) is 2. The van der Waals surface area contributed by atoms with Crippen LogP contribution >= 0.6 is 0 Å². The highest BCUT2D eigenvalue weighted by Gasteiger charge is 2.30. The highest BCUT2D eigenvalue weighted by Crippen LogP contribution is 2.18. The third kappa shape index (κ3) is 1.65. The summed E-state index contributed by atoms with van der Waals surface area (Å²) in [5.41, 5.74) is 0. The van der Waals surface area contributed by atoms with Gasteiger partial charge in [0.15, 0.2) is 0 Å². The zero-order valence-electron chi connectivity index (χ0n) is 7.83. The molecule has 0 spiro atoms. The molecule has 0 aromatic heterocycles. The summed E-state index contributed by atoms with van der Waals surface area (Å²) in [5, 5.41) is 0. The normalized spacial score (nSPS) is 30.6. The van der Waals surface area contributed by atoms with E-state index < -0.39 is 0 Å². The zero-order chi connectivity index (χ0) is 9.30. The van der Waals surface area contributed by atoms with Crippen molar-refractivity contribution < 1.29 is 9.59 Å². The number of amides is 1. The Bertz CT molecular complexity index is 213. The molecule has 12 heavy (non-hydrogen) atoms. The largest absolute Gasteiger partial charge is 0.339 e. The fraction of sp³-hybridized carbons (Fsp3) is 0.778. The first-order chi connectivity index (χ1) is 5.52. The predicted molar refractivity (Wildman–Crippen MR) is 45.6 cm³/mol. The van der Waals surface area contributed by atoms with Crippen molar-refractivity contribution in [2.75, 3.05) is 6.54 Å². The van der Waals surface area contributed by atoms with E-state index in [2.05, 4.69) is 0 Å². The van der Waals surface area contributed by atoms with Crippen molar-refractivity contribution in [1.82, 2.24) is 4.90 Å². The highest BCUT2D eigenvalue weighted by atomic mass is 16.2. The maximum absolute atomic E-state index is 11.2. The standard InChI is InChI=1S/C9H15NO2/c1-6-5-10(8(3)11)7(2)4-9(6)12/h6-7H,4-5H2,1-3H3/t6-,7-/m0/s1. The van der Waals surface area contributed by atoms with Gasteiger partial charge in [-0.1, -0.05) is 6.92 Å². The molecule has 1 fully saturated rings. The second-order valence-corrected chi connectivity index (χ2v) is 3.59. The minimum atomic E-state index is 0.0186. The van der Waals surface area contributed by atoms with Gasteiger partial charge in [0.25, 0.3) is 0 Å². The Morgan fingerprint density at radius 3 is 2.58 bits per heavy atom. The van der Waals surface area contributed by atoms with Gasteiger partial charge in [-0.2, -0.15) is 0 Å². The number of Topliss-reactive ketones (excluding diaryl/α,β-unsaturated/α-hetero) is 1. The van der Waals surface area contributed by atoms with Crippen molar-refractivity contribution in [3.05, 3.63) is 0 Å². The Labute approximate surface area is 72.7 Å². The Hall–Kier alpha value is -0.860. The Kier molecular flexibility index (Phi) is 2.50. The molecule has 68 valence electrons. The van der Waals surface area contributed by atoms with Crippen LogP contribution in [0.4, 0.5) is 0 Å². The Morgan fingerprint density at radius 2 is 2.08 bits per heavy atom. The van der Waals surface area contributed by atoms with Crippen LogP contribution in [0.15, 0.2) is 0 Å². The van der Waals surface area contributed by atoms with Gasteiger partial charge in [-0.05, 0) is 6.92 Å². The van der Waals surface area contributed by atoms with Gasteiger partial charge in [-0.3, -0.25) is 9.59 Å². The molecular formula is C9H15NO2. The van der Waals surface area contributed by atoms with Crippen LogP contribution in [0.25, 0.3) is 0 Å².